The monoisotopic (exact) mass is 252 g/mol. The Morgan fingerprint density at radius 3 is 2.76 bits per heavy atom. The maximum absolute atomic E-state index is 5.87. The molecule has 0 atom stereocenters. The van der Waals surface area contributed by atoms with E-state index in [2.05, 4.69) is 19.9 Å². The minimum Gasteiger partial charge on any atom is -0.382 e. The molecule has 8 heteroatoms. The number of H-pyrrole nitrogens is 2. The van der Waals surface area contributed by atoms with E-state index < -0.39 is 0 Å². The van der Waals surface area contributed by atoms with E-state index in [0.29, 0.717) is 40.9 Å². The highest BCUT2D eigenvalue weighted by Gasteiger charge is 2.16. The molecule has 1 saturated heterocycles. The van der Waals surface area contributed by atoms with Gasteiger partial charge in [-0.15, -0.1) is 0 Å². The number of anilines is 2. The number of aromatic amines is 2. The number of hydrogen-bond donors (Lipinski definition) is 3. The van der Waals surface area contributed by atoms with Crippen molar-refractivity contribution in [2.75, 3.05) is 36.9 Å². The summed E-state index contributed by atoms with van der Waals surface area (Å²) in [4.78, 5) is 16.6. The zero-order valence-electron chi connectivity index (χ0n) is 9.06. The second-order valence-electron chi connectivity index (χ2n) is 3.81. The van der Waals surface area contributed by atoms with Crippen LogP contribution in [0.3, 0.4) is 0 Å². The van der Waals surface area contributed by atoms with Crippen LogP contribution in [0, 0.1) is 4.77 Å². The number of nitrogens with two attached hydrogens (primary N) is 1. The highest BCUT2D eigenvalue weighted by Crippen LogP contribution is 2.19. The SMILES string of the molecule is Nc1nc(N2CCOCC2)nc2[nH]c(=S)[nH]c12. The molecule has 7 nitrogen and oxygen atoms in total. The number of hydrogen-bond acceptors (Lipinski definition) is 6. The van der Waals surface area contributed by atoms with Gasteiger partial charge < -0.3 is 25.3 Å². The second kappa shape index (κ2) is 3.97. The van der Waals surface area contributed by atoms with Crippen LogP contribution in [0.15, 0.2) is 0 Å². The van der Waals surface area contributed by atoms with Crippen LogP contribution in [0.25, 0.3) is 11.2 Å². The van der Waals surface area contributed by atoms with Gasteiger partial charge in [0.1, 0.15) is 5.52 Å². The van der Waals surface area contributed by atoms with Gasteiger partial charge in [-0.1, -0.05) is 0 Å². The van der Waals surface area contributed by atoms with E-state index in [1.54, 1.807) is 0 Å². The summed E-state index contributed by atoms with van der Waals surface area (Å²) in [6.07, 6.45) is 0. The highest BCUT2D eigenvalue weighted by atomic mass is 32.1. The Hall–Kier alpha value is -1.67. The molecule has 0 bridgehead atoms. The first-order valence-electron chi connectivity index (χ1n) is 5.32. The van der Waals surface area contributed by atoms with Crippen LogP contribution >= 0.6 is 12.2 Å². The summed E-state index contributed by atoms with van der Waals surface area (Å²) in [6.45, 7) is 2.92. The molecule has 3 rings (SSSR count). The smallest absolute Gasteiger partial charge is 0.229 e. The van der Waals surface area contributed by atoms with Crippen LogP contribution in [0.4, 0.5) is 11.8 Å². The van der Waals surface area contributed by atoms with E-state index in [1.165, 1.54) is 0 Å². The summed E-state index contributed by atoms with van der Waals surface area (Å²) in [5.41, 5.74) is 7.17. The Bertz CT molecular complexity index is 599. The van der Waals surface area contributed by atoms with Gasteiger partial charge in [-0.3, -0.25) is 0 Å². The van der Waals surface area contributed by atoms with Crippen LogP contribution < -0.4 is 10.6 Å². The quantitative estimate of drug-likeness (QED) is 0.637. The molecule has 0 amide bonds. The number of nitrogens with one attached hydrogen (secondary N) is 2. The number of morpholine rings is 1. The second-order valence-corrected chi connectivity index (χ2v) is 4.22. The normalized spacial score (nSPS) is 16.6. The minimum atomic E-state index is 0.406. The Balaban J connectivity index is 2.07. The van der Waals surface area contributed by atoms with Gasteiger partial charge in [-0.2, -0.15) is 9.97 Å². The molecule has 1 fully saturated rings. The molecular formula is C9H12N6OS. The molecule has 17 heavy (non-hydrogen) atoms. The molecular weight excluding hydrogens is 240 g/mol. The van der Waals surface area contributed by atoms with Crippen LogP contribution in [0.5, 0.6) is 0 Å². The fourth-order valence-electron chi connectivity index (χ4n) is 1.84. The lowest BCUT2D eigenvalue weighted by Crippen LogP contribution is -2.37. The Morgan fingerprint density at radius 1 is 1.24 bits per heavy atom. The van der Waals surface area contributed by atoms with E-state index in [1.807, 2.05) is 4.90 Å². The third-order valence-electron chi connectivity index (χ3n) is 2.69. The van der Waals surface area contributed by atoms with Crippen molar-refractivity contribution < 1.29 is 4.74 Å². The number of nitrogens with zero attached hydrogens (tertiary/aromatic N) is 3. The highest BCUT2D eigenvalue weighted by molar-refractivity contribution is 7.71. The predicted molar refractivity (Wildman–Crippen MR) is 66.5 cm³/mol. The molecule has 1 aliphatic heterocycles. The Kier molecular flexibility index (Phi) is 2.45. The standard InChI is InChI=1S/C9H12N6OS/c10-6-5-7(14-9(17)11-5)13-8(12-6)15-1-3-16-4-2-15/h1-4H2,(H4,10,11,12,13,14,17). The van der Waals surface area contributed by atoms with Gasteiger partial charge in [0, 0.05) is 13.1 Å². The zero-order chi connectivity index (χ0) is 11.8. The van der Waals surface area contributed by atoms with Gasteiger partial charge in [0.15, 0.2) is 16.2 Å². The molecule has 2 aromatic rings. The molecule has 0 aliphatic carbocycles. The van der Waals surface area contributed by atoms with Gasteiger partial charge in [0.25, 0.3) is 0 Å². The largest absolute Gasteiger partial charge is 0.382 e. The molecule has 4 N–H and O–H groups in total. The molecule has 1 aliphatic rings. The average molecular weight is 252 g/mol. The number of nitrogen functional groups attached to an aromatic ring is 1. The number of aromatic nitrogens is 4. The van der Waals surface area contributed by atoms with Gasteiger partial charge in [0.2, 0.25) is 5.95 Å². The van der Waals surface area contributed by atoms with E-state index in [4.69, 9.17) is 22.7 Å². The van der Waals surface area contributed by atoms with E-state index in [-0.39, 0.29) is 0 Å². The van der Waals surface area contributed by atoms with Crippen molar-refractivity contribution in [2.45, 2.75) is 0 Å². The fourth-order valence-corrected chi connectivity index (χ4v) is 2.04. The Morgan fingerprint density at radius 2 is 2.00 bits per heavy atom. The van der Waals surface area contributed by atoms with Crippen molar-refractivity contribution in [1.29, 1.82) is 0 Å². The predicted octanol–water partition coefficient (Wildman–Crippen LogP) is 0.434. The molecule has 0 saturated carbocycles. The molecule has 2 aromatic heterocycles. The summed E-state index contributed by atoms with van der Waals surface area (Å²) >= 11 is 5.00. The summed E-state index contributed by atoms with van der Waals surface area (Å²) in [6, 6.07) is 0. The maximum atomic E-state index is 5.87. The molecule has 0 aromatic carbocycles. The summed E-state index contributed by atoms with van der Waals surface area (Å²) in [7, 11) is 0. The minimum absolute atomic E-state index is 0.406. The van der Waals surface area contributed by atoms with Crippen molar-refractivity contribution >= 4 is 35.1 Å². The average Bonchev–Trinajstić information content (AvgIpc) is 2.71. The molecule has 0 unspecified atom stereocenters. The summed E-state index contributed by atoms with van der Waals surface area (Å²) in [5.74, 6) is 1.02. The third-order valence-corrected chi connectivity index (χ3v) is 2.89. The van der Waals surface area contributed by atoms with Crippen LogP contribution in [-0.4, -0.2) is 46.2 Å². The first-order valence-corrected chi connectivity index (χ1v) is 5.73. The fraction of sp³-hybridized carbons (Fsp3) is 0.444. The van der Waals surface area contributed by atoms with Gasteiger partial charge in [-0.05, 0) is 12.2 Å². The first-order chi connectivity index (χ1) is 8.24. The van der Waals surface area contributed by atoms with Gasteiger partial charge in [-0.25, -0.2) is 0 Å². The van der Waals surface area contributed by atoms with E-state index >= 15 is 0 Å². The van der Waals surface area contributed by atoms with Crippen molar-refractivity contribution in [2.24, 2.45) is 0 Å². The molecule has 0 radical (unpaired) electrons. The van der Waals surface area contributed by atoms with Crippen molar-refractivity contribution in [3.8, 4) is 0 Å². The van der Waals surface area contributed by atoms with Crippen molar-refractivity contribution in [3.63, 3.8) is 0 Å². The third kappa shape index (κ3) is 1.85. The molecule has 0 spiro atoms. The number of imidazole rings is 1. The Labute approximate surface area is 102 Å². The van der Waals surface area contributed by atoms with Gasteiger partial charge >= 0.3 is 0 Å². The lowest BCUT2D eigenvalue weighted by molar-refractivity contribution is 0.122. The molecule has 90 valence electrons. The summed E-state index contributed by atoms with van der Waals surface area (Å²) in [5, 5.41) is 0. The van der Waals surface area contributed by atoms with E-state index in [9.17, 15) is 0 Å². The number of ether oxygens (including phenoxy) is 1. The lowest BCUT2D eigenvalue weighted by Gasteiger charge is -2.26. The van der Waals surface area contributed by atoms with Gasteiger partial charge in [0.05, 0.1) is 13.2 Å². The molecule has 3 heterocycles. The summed E-state index contributed by atoms with van der Waals surface area (Å²) < 4.78 is 5.78. The number of rotatable bonds is 1. The van der Waals surface area contributed by atoms with Crippen LogP contribution in [-0.2, 0) is 4.74 Å². The zero-order valence-corrected chi connectivity index (χ0v) is 9.88. The number of fused-ring (bicyclic) bond motifs is 1. The van der Waals surface area contributed by atoms with Crippen LogP contribution in [0.1, 0.15) is 0 Å². The van der Waals surface area contributed by atoms with E-state index in [0.717, 1.165) is 13.1 Å². The lowest BCUT2D eigenvalue weighted by atomic mass is 10.4. The van der Waals surface area contributed by atoms with Crippen molar-refractivity contribution in [3.05, 3.63) is 4.77 Å². The van der Waals surface area contributed by atoms with Crippen LogP contribution in [0.2, 0.25) is 0 Å². The first kappa shape index (κ1) is 10.5. The topological polar surface area (TPSA) is 95.8 Å². The maximum Gasteiger partial charge on any atom is 0.229 e. The van der Waals surface area contributed by atoms with Crippen molar-refractivity contribution in [1.82, 2.24) is 19.9 Å².